The summed E-state index contributed by atoms with van der Waals surface area (Å²) < 4.78 is 39.8. The smallest absolute Gasteiger partial charge is 0.282 e. The third kappa shape index (κ3) is 4.38. The summed E-state index contributed by atoms with van der Waals surface area (Å²) in [5, 5.41) is 3.77. The number of rotatable bonds is 6. The topological polar surface area (TPSA) is 109 Å². The van der Waals surface area contributed by atoms with Gasteiger partial charge in [0.1, 0.15) is 6.04 Å². The van der Waals surface area contributed by atoms with Crippen molar-refractivity contribution in [3.63, 3.8) is 0 Å². The van der Waals surface area contributed by atoms with E-state index in [4.69, 9.17) is 9.26 Å². The van der Waals surface area contributed by atoms with Gasteiger partial charge in [0.15, 0.2) is 5.82 Å². The lowest BCUT2D eigenvalue weighted by atomic mass is 10.1. The predicted octanol–water partition coefficient (Wildman–Crippen LogP) is 0.211. The van der Waals surface area contributed by atoms with Crippen LogP contribution in [-0.4, -0.2) is 83.4 Å². The van der Waals surface area contributed by atoms with E-state index >= 15 is 0 Å². The van der Waals surface area contributed by atoms with Crippen molar-refractivity contribution in [1.29, 1.82) is 0 Å². The maximum Gasteiger partial charge on any atom is 0.282 e. The van der Waals surface area contributed by atoms with Crippen molar-refractivity contribution in [3.8, 4) is 0 Å². The highest BCUT2D eigenvalue weighted by Crippen LogP contribution is 2.23. The van der Waals surface area contributed by atoms with Crippen LogP contribution in [0.4, 0.5) is 0 Å². The number of amides is 1. The summed E-state index contributed by atoms with van der Waals surface area (Å²) in [6.07, 6.45) is 0.0362. The van der Waals surface area contributed by atoms with Gasteiger partial charge in [-0.25, -0.2) is 0 Å². The molecule has 0 spiro atoms. The van der Waals surface area contributed by atoms with Crippen molar-refractivity contribution in [2.45, 2.75) is 25.9 Å². The van der Waals surface area contributed by atoms with Gasteiger partial charge in [0, 0.05) is 32.7 Å². The molecule has 0 N–H and O–H groups in total. The summed E-state index contributed by atoms with van der Waals surface area (Å²) in [7, 11) is -3.83. The molecule has 2 aromatic rings. The third-order valence-corrected chi connectivity index (χ3v) is 7.33. The van der Waals surface area contributed by atoms with Gasteiger partial charge >= 0.3 is 0 Å². The molecule has 2 saturated heterocycles. The number of carbonyl (C=O) groups excluding carboxylic acids is 1. The Bertz CT molecular complexity index is 974. The van der Waals surface area contributed by atoms with Crippen LogP contribution in [-0.2, 0) is 32.7 Å². The van der Waals surface area contributed by atoms with Crippen molar-refractivity contribution < 1.29 is 22.5 Å². The fourth-order valence-electron chi connectivity index (χ4n) is 3.76. The average Bonchev–Trinajstić information content (AvgIpc) is 3.17. The molecule has 1 amide bonds. The van der Waals surface area contributed by atoms with E-state index in [1.165, 1.54) is 8.61 Å². The second-order valence-electron chi connectivity index (χ2n) is 7.33. The Morgan fingerprint density at radius 1 is 1.10 bits per heavy atom. The number of ether oxygens (including phenoxy) is 1. The summed E-state index contributed by atoms with van der Waals surface area (Å²) in [5.41, 5.74) is 0.989. The van der Waals surface area contributed by atoms with Gasteiger partial charge in [-0.05, 0) is 12.5 Å². The van der Waals surface area contributed by atoms with Crippen LogP contribution in [0, 0.1) is 6.92 Å². The standard InChI is InChI=1S/C19H25N5O5S/c1-15-20-18(29-21-15)13-17-19(25)22(14-16-5-3-2-4-6-16)7-8-24(17)30(26,27)23-9-11-28-12-10-23/h2-6,17H,7-14H2,1H3. The van der Waals surface area contributed by atoms with Crippen molar-refractivity contribution in [2.75, 3.05) is 39.4 Å². The molecule has 30 heavy (non-hydrogen) atoms. The molecule has 3 heterocycles. The van der Waals surface area contributed by atoms with Gasteiger partial charge in [-0.3, -0.25) is 4.79 Å². The normalized spacial score (nSPS) is 21.8. The lowest BCUT2D eigenvalue weighted by molar-refractivity contribution is -0.139. The number of morpholine rings is 1. The molecule has 0 aliphatic carbocycles. The van der Waals surface area contributed by atoms with E-state index in [0.29, 0.717) is 32.1 Å². The largest absolute Gasteiger partial charge is 0.379 e. The first-order chi connectivity index (χ1) is 14.4. The van der Waals surface area contributed by atoms with Crippen molar-refractivity contribution in [1.82, 2.24) is 23.7 Å². The highest BCUT2D eigenvalue weighted by Gasteiger charge is 2.44. The number of benzene rings is 1. The first-order valence-corrected chi connectivity index (χ1v) is 11.3. The minimum Gasteiger partial charge on any atom is -0.379 e. The van der Waals surface area contributed by atoms with Gasteiger partial charge in [0.2, 0.25) is 11.8 Å². The number of piperazine rings is 1. The molecule has 162 valence electrons. The van der Waals surface area contributed by atoms with Gasteiger partial charge in [0.05, 0.1) is 19.6 Å². The molecule has 1 atom stereocenters. The molecule has 0 saturated carbocycles. The van der Waals surface area contributed by atoms with Crippen LogP contribution in [0.15, 0.2) is 34.9 Å². The Morgan fingerprint density at radius 2 is 1.83 bits per heavy atom. The Hall–Kier alpha value is -2.34. The number of carbonyl (C=O) groups is 1. The maximum atomic E-state index is 13.4. The van der Waals surface area contributed by atoms with E-state index < -0.39 is 16.3 Å². The van der Waals surface area contributed by atoms with Crippen LogP contribution in [0.5, 0.6) is 0 Å². The minimum atomic E-state index is -3.83. The van der Waals surface area contributed by atoms with Crippen LogP contribution in [0.1, 0.15) is 17.3 Å². The minimum absolute atomic E-state index is 0.0362. The lowest BCUT2D eigenvalue weighted by Crippen LogP contribution is -2.62. The van der Waals surface area contributed by atoms with Crippen molar-refractivity contribution >= 4 is 16.1 Å². The first kappa shape index (κ1) is 20.9. The van der Waals surface area contributed by atoms with Crippen LogP contribution < -0.4 is 0 Å². The van der Waals surface area contributed by atoms with Gasteiger partial charge in [0.25, 0.3) is 10.2 Å². The second-order valence-corrected chi connectivity index (χ2v) is 9.21. The summed E-state index contributed by atoms with van der Waals surface area (Å²) in [6, 6.07) is 8.70. The first-order valence-electron chi connectivity index (χ1n) is 9.92. The molecule has 1 aromatic heterocycles. The SMILES string of the molecule is Cc1noc(CC2C(=O)N(Cc3ccccc3)CCN2S(=O)(=O)N2CCOCC2)n1. The highest BCUT2D eigenvalue weighted by atomic mass is 32.2. The van der Waals surface area contributed by atoms with Crippen LogP contribution in [0.25, 0.3) is 0 Å². The van der Waals surface area contributed by atoms with Gasteiger partial charge < -0.3 is 14.2 Å². The number of aromatic nitrogens is 2. The van der Waals surface area contributed by atoms with Gasteiger partial charge in [-0.1, -0.05) is 35.5 Å². The maximum absolute atomic E-state index is 13.4. The van der Waals surface area contributed by atoms with Crippen molar-refractivity contribution in [3.05, 3.63) is 47.6 Å². The molecule has 0 radical (unpaired) electrons. The van der Waals surface area contributed by atoms with E-state index in [1.54, 1.807) is 11.8 Å². The summed E-state index contributed by atoms with van der Waals surface area (Å²) in [4.78, 5) is 19.2. The monoisotopic (exact) mass is 435 g/mol. The molecule has 11 heteroatoms. The second kappa shape index (κ2) is 8.80. The number of nitrogens with zero attached hydrogens (tertiary/aromatic N) is 5. The number of hydrogen-bond donors (Lipinski definition) is 0. The Labute approximate surface area is 175 Å². The fourth-order valence-corrected chi connectivity index (χ4v) is 5.47. The number of hydrogen-bond acceptors (Lipinski definition) is 7. The van der Waals surface area contributed by atoms with E-state index in [9.17, 15) is 13.2 Å². The van der Waals surface area contributed by atoms with E-state index in [2.05, 4.69) is 10.1 Å². The fraction of sp³-hybridized carbons (Fsp3) is 0.526. The summed E-state index contributed by atoms with van der Waals surface area (Å²) in [6.45, 7) is 3.85. The molecule has 1 aromatic carbocycles. The molecular formula is C19H25N5O5S. The van der Waals surface area contributed by atoms with Crippen LogP contribution >= 0.6 is 0 Å². The van der Waals surface area contributed by atoms with Gasteiger partial charge in [-0.15, -0.1) is 0 Å². The third-order valence-electron chi connectivity index (χ3n) is 5.28. The van der Waals surface area contributed by atoms with Gasteiger partial charge in [-0.2, -0.15) is 22.0 Å². The summed E-state index contributed by atoms with van der Waals surface area (Å²) >= 11 is 0. The molecule has 10 nitrogen and oxygen atoms in total. The Balaban J connectivity index is 1.59. The molecule has 0 bridgehead atoms. The Kier molecular flexibility index (Phi) is 6.14. The number of aryl methyl sites for hydroxylation is 1. The quantitative estimate of drug-likeness (QED) is 0.638. The molecule has 2 aliphatic heterocycles. The van der Waals surface area contributed by atoms with E-state index in [-0.39, 0.29) is 37.9 Å². The lowest BCUT2D eigenvalue weighted by Gasteiger charge is -2.41. The molecule has 2 aliphatic rings. The highest BCUT2D eigenvalue weighted by molar-refractivity contribution is 7.86. The Morgan fingerprint density at radius 3 is 2.50 bits per heavy atom. The van der Waals surface area contributed by atoms with Crippen LogP contribution in [0.2, 0.25) is 0 Å². The zero-order chi connectivity index (χ0) is 21.1. The molecule has 4 rings (SSSR count). The molecule has 1 unspecified atom stereocenters. The van der Waals surface area contributed by atoms with E-state index in [1.807, 2.05) is 30.3 Å². The molecule has 2 fully saturated rings. The van der Waals surface area contributed by atoms with E-state index in [0.717, 1.165) is 5.56 Å². The zero-order valence-corrected chi connectivity index (χ0v) is 17.6. The predicted molar refractivity (Wildman–Crippen MR) is 106 cm³/mol. The zero-order valence-electron chi connectivity index (χ0n) is 16.8. The summed E-state index contributed by atoms with van der Waals surface area (Å²) in [5.74, 6) is 0.421. The van der Waals surface area contributed by atoms with Crippen LogP contribution in [0.3, 0.4) is 0 Å². The average molecular weight is 436 g/mol. The van der Waals surface area contributed by atoms with Crippen molar-refractivity contribution in [2.24, 2.45) is 0 Å². The molecular weight excluding hydrogens is 410 g/mol.